The number of allylic oxidation sites excluding steroid dienone is 1. The Morgan fingerprint density at radius 1 is 0.804 bits per heavy atom. The van der Waals surface area contributed by atoms with Crippen molar-refractivity contribution in [1.29, 1.82) is 0 Å². The first-order valence-corrected chi connectivity index (χ1v) is 18.5. The Morgan fingerprint density at radius 3 is 2.35 bits per heavy atom. The van der Waals surface area contributed by atoms with Gasteiger partial charge in [-0.3, -0.25) is 0 Å². The van der Waals surface area contributed by atoms with E-state index in [1.54, 1.807) is 14.2 Å². The molecule has 1 fully saturated rings. The third-order valence-electron chi connectivity index (χ3n) is 12.1. The van der Waals surface area contributed by atoms with Gasteiger partial charge in [0.15, 0.2) is 5.60 Å². The number of aryl methyl sites for hydroxylation is 1. The molecule has 0 bridgehead atoms. The van der Waals surface area contributed by atoms with E-state index >= 15 is 0 Å². The molecule has 2 heterocycles. The Labute approximate surface area is 301 Å². The van der Waals surface area contributed by atoms with Crippen LogP contribution in [0, 0.1) is 0 Å². The Bertz CT molecular complexity index is 2220. The monoisotopic (exact) mass is 675 g/mol. The molecule has 2 aliphatic carbocycles. The molecule has 5 aromatic rings. The standard InChI is InChI=1S/C46H45NO4/c1-5-45(6-2)39-14-10-9-13-35(39)42-37-28-40(47-23-25-50-26-24-47)41(49-4)29-38(37)44-36(43(42)45)21-22-46(51-44,32-17-19-34(48-3)20-18-32)33-16-15-30-11-7-8-12-31(30)27-33/h7,9-11,13-22,27-29H,5-6,8,12,23-26H2,1-4H3. The van der Waals surface area contributed by atoms with Crippen LogP contribution in [0.5, 0.6) is 17.2 Å². The molecule has 0 aromatic heterocycles. The Balaban J connectivity index is 1.36. The van der Waals surface area contributed by atoms with Crippen LogP contribution in [0.25, 0.3) is 34.1 Å². The average molecular weight is 676 g/mol. The minimum Gasteiger partial charge on any atom is -0.497 e. The summed E-state index contributed by atoms with van der Waals surface area (Å²) in [4.78, 5) is 2.41. The summed E-state index contributed by atoms with van der Waals surface area (Å²) in [7, 11) is 3.50. The molecule has 51 heavy (non-hydrogen) atoms. The molecule has 1 unspecified atom stereocenters. The Hall–Kier alpha value is -5.00. The maximum absolute atomic E-state index is 7.73. The molecule has 5 heteroatoms. The van der Waals surface area contributed by atoms with Crippen LogP contribution in [0.1, 0.15) is 72.1 Å². The normalized spacial score (nSPS) is 19.6. The summed E-state index contributed by atoms with van der Waals surface area (Å²) >= 11 is 0. The molecule has 0 radical (unpaired) electrons. The van der Waals surface area contributed by atoms with E-state index in [0.717, 1.165) is 78.2 Å². The lowest BCUT2D eigenvalue weighted by molar-refractivity contribution is 0.122. The second-order valence-electron chi connectivity index (χ2n) is 14.3. The van der Waals surface area contributed by atoms with E-state index in [4.69, 9.17) is 18.9 Å². The topological polar surface area (TPSA) is 40.2 Å². The molecule has 0 saturated carbocycles. The van der Waals surface area contributed by atoms with Crippen LogP contribution in [0.15, 0.2) is 91.0 Å². The van der Waals surface area contributed by atoms with Crippen molar-refractivity contribution in [3.63, 3.8) is 0 Å². The van der Waals surface area contributed by atoms with Gasteiger partial charge in [0.1, 0.15) is 17.2 Å². The third kappa shape index (κ3) is 4.70. The van der Waals surface area contributed by atoms with Gasteiger partial charge in [0.2, 0.25) is 0 Å². The summed E-state index contributed by atoms with van der Waals surface area (Å²) in [5.41, 5.74) is 11.5. The molecule has 2 aliphatic heterocycles. The first-order chi connectivity index (χ1) is 25.0. The molecular formula is C46H45NO4. The van der Waals surface area contributed by atoms with E-state index in [1.165, 1.54) is 44.3 Å². The maximum Gasteiger partial charge on any atom is 0.178 e. The van der Waals surface area contributed by atoms with Gasteiger partial charge in [-0.2, -0.15) is 0 Å². The SMILES string of the molecule is CCC1(CC)c2ccccc2-c2c1c1c(c3cc(OC)c(N4CCOCC4)cc23)OC(c2ccc(OC)cc2)(c2ccc3c(c2)CCC=C3)C=C1. The zero-order chi connectivity index (χ0) is 34.7. The van der Waals surface area contributed by atoms with E-state index < -0.39 is 5.60 Å². The lowest BCUT2D eigenvalue weighted by atomic mass is 9.71. The number of hydrogen-bond donors (Lipinski definition) is 0. The first-order valence-electron chi connectivity index (χ1n) is 18.5. The van der Waals surface area contributed by atoms with E-state index in [1.807, 2.05) is 12.1 Å². The predicted octanol–water partition coefficient (Wildman–Crippen LogP) is 10.1. The molecule has 9 rings (SSSR count). The zero-order valence-electron chi connectivity index (χ0n) is 30.1. The number of rotatable bonds is 7. The fraction of sp³-hybridized carbons (Fsp3) is 0.304. The van der Waals surface area contributed by atoms with Crippen LogP contribution >= 0.6 is 0 Å². The molecule has 0 spiro atoms. The van der Waals surface area contributed by atoms with Crippen molar-refractivity contribution in [1.82, 2.24) is 0 Å². The Morgan fingerprint density at radius 2 is 1.59 bits per heavy atom. The van der Waals surface area contributed by atoms with Crippen molar-refractivity contribution in [2.24, 2.45) is 0 Å². The molecule has 258 valence electrons. The van der Waals surface area contributed by atoms with Crippen molar-refractivity contribution in [2.75, 3.05) is 45.4 Å². The quantitative estimate of drug-likeness (QED) is 0.172. The van der Waals surface area contributed by atoms with Crippen LogP contribution in [0.3, 0.4) is 0 Å². The van der Waals surface area contributed by atoms with Gasteiger partial charge in [0, 0.05) is 40.6 Å². The minimum absolute atomic E-state index is 0.144. The van der Waals surface area contributed by atoms with Gasteiger partial charge < -0.3 is 23.8 Å². The number of benzene rings is 5. The highest BCUT2D eigenvalue weighted by Gasteiger charge is 2.47. The number of ether oxygens (including phenoxy) is 4. The van der Waals surface area contributed by atoms with Crippen LogP contribution in [0.4, 0.5) is 5.69 Å². The highest BCUT2D eigenvalue weighted by atomic mass is 16.5. The number of hydrogen-bond acceptors (Lipinski definition) is 5. The molecule has 1 atom stereocenters. The molecular weight excluding hydrogens is 631 g/mol. The van der Waals surface area contributed by atoms with Crippen molar-refractivity contribution < 1.29 is 18.9 Å². The van der Waals surface area contributed by atoms with Crippen LogP contribution in [0.2, 0.25) is 0 Å². The number of anilines is 1. The third-order valence-corrected chi connectivity index (χ3v) is 12.1. The van der Waals surface area contributed by atoms with Gasteiger partial charge in [0.05, 0.1) is 33.1 Å². The van der Waals surface area contributed by atoms with Gasteiger partial charge in [-0.15, -0.1) is 0 Å². The molecule has 4 aliphatic rings. The number of fused-ring (bicyclic) bond motifs is 9. The second kappa shape index (κ2) is 12.3. The van der Waals surface area contributed by atoms with Crippen molar-refractivity contribution in [3.8, 4) is 28.4 Å². The summed E-state index contributed by atoms with van der Waals surface area (Å²) in [6, 6.07) is 28.9. The van der Waals surface area contributed by atoms with Gasteiger partial charge in [-0.25, -0.2) is 0 Å². The van der Waals surface area contributed by atoms with Crippen LogP contribution in [-0.2, 0) is 22.2 Å². The maximum atomic E-state index is 7.73. The minimum atomic E-state index is -0.862. The summed E-state index contributed by atoms with van der Waals surface area (Å²) in [5.74, 6) is 2.58. The molecule has 1 saturated heterocycles. The fourth-order valence-electron chi connectivity index (χ4n) is 9.37. The number of nitrogens with zero attached hydrogens (tertiary/aromatic N) is 1. The highest BCUT2D eigenvalue weighted by molar-refractivity contribution is 6.10. The highest BCUT2D eigenvalue weighted by Crippen LogP contribution is 2.61. The number of methoxy groups -OCH3 is 2. The molecule has 5 nitrogen and oxygen atoms in total. The Kier molecular flexibility index (Phi) is 7.73. The first kappa shape index (κ1) is 31.9. The largest absolute Gasteiger partial charge is 0.497 e. The summed E-state index contributed by atoms with van der Waals surface area (Å²) in [6.07, 6.45) is 13.2. The van der Waals surface area contributed by atoms with Gasteiger partial charge in [-0.1, -0.05) is 86.7 Å². The summed E-state index contributed by atoms with van der Waals surface area (Å²) in [6.45, 7) is 7.75. The van der Waals surface area contributed by atoms with Gasteiger partial charge in [0.25, 0.3) is 0 Å². The lowest BCUT2D eigenvalue weighted by Crippen LogP contribution is -2.36. The fourth-order valence-corrected chi connectivity index (χ4v) is 9.37. The van der Waals surface area contributed by atoms with E-state index in [9.17, 15) is 0 Å². The smallest absolute Gasteiger partial charge is 0.178 e. The van der Waals surface area contributed by atoms with Gasteiger partial charge in [-0.05, 0) is 94.8 Å². The van der Waals surface area contributed by atoms with Crippen molar-refractivity contribution in [3.05, 3.63) is 130 Å². The van der Waals surface area contributed by atoms with Crippen molar-refractivity contribution >= 4 is 28.6 Å². The average Bonchev–Trinajstić information content (AvgIpc) is 3.51. The van der Waals surface area contributed by atoms with E-state index in [-0.39, 0.29) is 5.41 Å². The lowest BCUT2D eigenvalue weighted by Gasteiger charge is -2.40. The molecule has 0 N–H and O–H groups in total. The van der Waals surface area contributed by atoms with Gasteiger partial charge >= 0.3 is 0 Å². The van der Waals surface area contributed by atoms with Crippen LogP contribution < -0.4 is 19.1 Å². The molecule has 5 aromatic carbocycles. The van der Waals surface area contributed by atoms with Crippen molar-refractivity contribution in [2.45, 2.75) is 50.5 Å². The summed E-state index contributed by atoms with van der Waals surface area (Å²) < 4.78 is 25.3. The van der Waals surface area contributed by atoms with E-state index in [0.29, 0.717) is 13.2 Å². The predicted molar refractivity (Wildman–Crippen MR) is 208 cm³/mol. The second-order valence-corrected chi connectivity index (χ2v) is 14.3. The number of morpholine rings is 1. The van der Waals surface area contributed by atoms with E-state index in [2.05, 4.69) is 110 Å². The zero-order valence-corrected chi connectivity index (χ0v) is 30.1. The van der Waals surface area contributed by atoms with Crippen LogP contribution in [-0.4, -0.2) is 40.5 Å². The molecule has 0 amide bonds. The summed E-state index contributed by atoms with van der Waals surface area (Å²) in [5, 5.41) is 2.27.